The van der Waals surface area contributed by atoms with E-state index in [0.29, 0.717) is 12.8 Å². The van der Waals surface area contributed by atoms with E-state index in [1.54, 1.807) is 11.5 Å². The fourth-order valence-electron chi connectivity index (χ4n) is 4.77. The van der Waals surface area contributed by atoms with Crippen LogP contribution in [-0.4, -0.2) is 60.1 Å². The van der Waals surface area contributed by atoms with Crippen LogP contribution >= 0.6 is 11.5 Å². The molecule has 9 heteroatoms. The standard InChI is InChI=1S/C24H25F3N4OS/c25-24(26,27)23(32)28-19-14-17-6-5-16(13-18(17)15-19)7-8-30-9-11-31(12-10-30)22-20-3-1-2-4-21(20)33-29-22/h1-6,13,19H,7-12,14-15H2,(H,28,32). The van der Waals surface area contributed by atoms with Gasteiger partial charge in [-0.15, -0.1) is 0 Å². The third kappa shape index (κ3) is 4.84. The minimum Gasteiger partial charge on any atom is -0.353 e. The third-order valence-electron chi connectivity index (χ3n) is 6.54. The van der Waals surface area contributed by atoms with E-state index >= 15 is 0 Å². The van der Waals surface area contributed by atoms with Crippen molar-refractivity contribution in [3.8, 4) is 0 Å². The van der Waals surface area contributed by atoms with E-state index in [4.69, 9.17) is 0 Å². The van der Waals surface area contributed by atoms with E-state index in [1.165, 1.54) is 15.6 Å². The largest absolute Gasteiger partial charge is 0.471 e. The van der Waals surface area contributed by atoms with Crippen LogP contribution in [0.25, 0.3) is 10.1 Å². The number of aromatic nitrogens is 1. The van der Waals surface area contributed by atoms with Gasteiger partial charge in [0, 0.05) is 44.2 Å². The zero-order valence-corrected chi connectivity index (χ0v) is 18.9. The van der Waals surface area contributed by atoms with Gasteiger partial charge in [0.1, 0.15) is 5.82 Å². The molecule has 0 radical (unpaired) electrons. The molecule has 5 nitrogen and oxygen atoms in total. The van der Waals surface area contributed by atoms with Gasteiger partial charge in [-0.3, -0.25) is 9.69 Å². The van der Waals surface area contributed by atoms with Gasteiger partial charge in [0.05, 0.1) is 4.70 Å². The van der Waals surface area contributed by atoms with Gasteiger partial charge in [-0.2, -0.15) is 17.5 Å². The average Bonchev–Trinajstić information content (AvgIpc) is 3.40. The molecule has 33 heavy (non-hydrogen) atoms. The number of amides is 1. The molecule has 2 aliphatic rings. The highest BCUT2D eigenvalue weighted by Crippen LogP contribution is 2.30. The lowest BCUT2D eigenvalue weighted by Gasteiger charge is -2.35. The van der Waals surface area contributed by atoms with Crippen LogP contribution in [0.1, 0.15) is 16.7 Å². The molecular formula is C24H25F3N4OS. The molecule has 0 spiro atoms. The summed E-state index contributed by atoms with van der Waals surface area (Å²) in [6.45, 7) is 4.78. The lowest BCUT2D eigenvalue weighted by Crippen LogP contribution is -2.47. The van der Waals surface area contributed by atoms with Crippen LogP contribution < -0.4 is 10.2 Å². The Bertz CT molecular complexity index is 1150. The summed E-state index contributed by atoms with van der Waals surface area (Å²) in [5.74, 6) is -0.772. The number of piperazine rings is 1. The van der Waals surface area contributed by atoms with Crippen molar-refractivity contribution >= 4 is 33.3 Å². The number of hydrogen-bond acceptors (Lipinski definition) is 5. The summed E-state index contributed by atoms with van der Waals surface area (Å²) < 4.78 is 43.5. The number of carbonyl (C=O) groups is 1. The highest BCUT2D eigenvalue weighted by Gasteiger charge is 2.40. The Morgan fingerprint density at radius 3 is 2.61 bits per heavy atom. The fourth-order valence-corrected chi connectivity index (χ4v) is 5.56. The molecule has 1 saturated heterocycles. The van der Waals surface area contributed by atoms with Crippen molar-refractivity contribution in [2.75, 3.05) is 37.6 Å². The van der Waals surface area contributed by atoms with Gasteiger partial charge in [0.2, 0.25) is 0 Å². The number of fused-ring (bicyclic) bond motifs is 2. The molecule has 1 fully saturated rings. The van der Waals surface area contributed by atoms with E-state index < -0.39 is 18.1 Å². The van der Waals surface area contributed by atoms with Gasteiger partial charge in [0.25, 0.3) is 0 Å². The lowest BCUT2D eigenvalue weighted by atomic mass is 10.0. The summed E-state index contributed by atoms with van der Waals surface area (Å²) >= 11 is 1.55. The van der Waals surface area contributed by atoms with Crippen LogP contribution in [0.2, 0.25) is 0 Å². The summed E-state index contributed by atoms with van der Waals surface area (Å²) in [7, 11) is 0. The highest BCUT2D eigenvalue weighted by molar-refractivity contribution is 7.13. The van der Waals surface area contributed by atoms with E-state index in [1.807, 2.05) is 12.1 Å². The molecule has 0 bridgehead atoms. The van der Waals surface area contributed by atoms with E-state index in [2.05, 4.69) is 49.8 Å². The number of benzene rings is 2. The maximum absolute atomic E-state index is 12.5. The molecule has 2 heterocycles. The Hall–Kier alpha value is -2.65. The van der Waals surface area contributed by atoms with Crippen LogP contribution in [0.5, 0.6) is 0 Å². The number of nitrogens with one attached hydrogen (secondary N) is 1. The Morgan fingerprint density at radius 1 is 1.06 bits per heavy atom. The van der Waals surface area contributed by atoms with Crippen LogP contribution in [0.15, 0.2) is 42.5 Å². The van der Waals surface area contributed by atoms with Crippen LogP contribution in [-0.2, 0) is 24.1 Å². The zero-order valence-electron chi connectivity index (χ0n) is 18.1. The van der Waals surface area contributed by atoms with Gasteiger partial charge in [-0.25, -0.2) is 0 Å². The first-order chi connectivity index (χ1) is 15.9. The number of nitrogens with zero attached hydrogens (tertiary/aromatic N) is 3. The Balaban J connectivity index is 1.12. The first-order valence-electron chi connectivity index (χ1n) is 11.2. The second-order valence-corrected chi connectivity index (χ2v) is 9.57. The first kappa shape index (κ1) is 22.2. The first-order valence-corrected chi connectivity index (χ1v) is 11.9. The van der Waals surface area contributed by atoms with Gasteiger partial charge in [0.15, 0.2) is 0 Å². The maximum Gasteiger partial charge on any atom is 0.471 e. The van der Waals surface area contributed by atoms with Gasteiger partial charge < -0.3 is 10.2 Å². The topological polar surface area (TPSA) is 48.5 Å². The number of anilines is 1. The molecule has 1 atom stereocenters. The molecule has 3 aromatic rings. The Morgan fingerprint density at radius 2 is 1.82 bits per heavy atom. The van der Waals surface area contributed by atoms with E-state index in [0.717, 1.165) is 56.1 Å². The fraction of sp³-hybridized carbons (Fsp3) is 0.417. The lowest BCUT2D eigenvalue weighted by molar-refractivity contribution is -0.174. The number of rotatable bonds is 5. The summed E-state index contributed by atoms with van der Waals surface area (Å²) in [5.41, 5.74) is 3.25. The molecule has 1 aliphatic carbocycles. The number of halogens is 3. The predicted molar refractivity (Wildman–Crippen MR) is 124 cm³/mol. The van der Waals surface area contributed by atoms with Crippen molar-refractivity contribution in [2.45, 2.75) is 31.5 Å². The normalized spacial score (nSPS) is 19.1. The van der Waals surface area contributed by atoms with Crippen LogP contribution in [0.3, 0.4) is 0 Å². The SMILES string of the molecule is O=C(NC1Cc2ccc(CCN3CCN(c4nsc5ccccc45)CC3)cc2C1)C(F)(F)F. The number of alkyl halides is 3. The van der Waals surface area contributed by atoms with Gasteiger partial charge in [-0.05, 0) is 59.6 Å². The van der Waals surface area contributed by atoms with Crippen molar-refractivity contribution in [1.82, 2.24) is 14.6 Å². The van der Waals surface area contributed by atoms with Gasteiger partial charge in [-0.1, -0.05) is 30.3 Å². The smallest absolute Gasteiger partial charge is 0.353 e. The van der Waals surface area contributed by atoms with Crippen molar-refractivity contribution < 1.29 is 18.0 Å². The molecule has 1 aromatic heterocycles. The minimum atomic E-state index is -4.84. The second-order valence-electron chi connectivity index (χ2n) is 8.76. The molecule has 5 rings (SSSR count). The molecular weight excluding hydrogens is 449 g/mol. The van der Waals surface area contributed by atoms with E-state index in [9.17, 15) is 18.0 Å². The second kappa shape index (κ2) is 8.95. The average molecular weight is 475 g/mol. The van der Waals surface area contributed by atoms with Crippen molar-refractivity contribution in [3.05, 3.63) is 59.2 Å². The molecule has 2 aromatic carbocycles. The highest BCUT2D eigenvalue weighted by atomic mass is 32.1. The van der Waals surface area contributed by atoms with Crippen LogP contribution in [0.4, 0.5) is 19.0 Å². The molecule has 1 unspecified atom stereocenters. The predicted octanol–water partition coefficient (Wildman–Crippen LogP) is 3.81. The van der Waals surface area contributed by atoms with Crippen LogP contribution in [0, 0.1) is 0 Å². The van der Waals surface area contributed by atoms with Crippen molar-refractivity contribution in [3.63, 3.8) is 0 Å². The summed E-state index contributed by atoms with van der Waals surface area (Å²) in [6.07, 6.45) is -3.04. The third-order valence-corrected chi connectivity index (χ3v) is 7.36. The zero-order chi connectivity index (χ0) is 23.0. The minimum absolute atomic E-state index is 0.449. The van der Waals surface area contributed by atoms with Crippen molar-refractivity contribution in [2.24, 2.45) is 0 Å². The van der Waals surface area contributed by atoms with Gasteiger partial charge >= 0.3 is 12.1 Å². The summed E-state index contributed by atoms with van der Waals surface area (Å²) in [5, 5.41) is 3.34. The van der Waals surface area contributed by atoms with Crippen molar-refractivity contribution in [1.29, 1.82) is 0 Å². The number of hydrogen-bond donors (Lipinski definition) is 1. The molecule has 1 amide bonds. The molecule has 0 saturated carbocycles. The molecule has 1 aliphatic heterocycles. The Labute approximate surface area is 194 Å². The Kier molecular flexibility index (Phi) is 6.01. The van der Waals surface area contributed by atoms with E-state index in [-0.39, 0.29) is 0 Å². The molecule has 174 valence electrons. The quantitative estimate of drug-likeness (QED) is 0.611. The maximum atomic E-state index is 12.5. The summed E-state index contributed by atoms with van der Waals surface area (Å²) in [6, 6.07) is 14.0. The molecule has 1 N–H and O–H groups in total. The number of carbonyl (C=O) groups excluding carboxylic acids is 1. The monoisotopic (exact) mass is 474 g/mol. The summed E-state index contributed by atoms with van der Waals surface area (Å²) in [4.78, 5) is 16.0.